The molecule has 4 rings (SSSR count). The van der Waals surface area contributed by atoms with Crippen molar-refractivity contribution in [2.24, 2.45) is 0 Å². The second-order valence-electron chi connectivity index (χ2n) is 7.08. The summed E-state index contributed by atoms with van der Waals surface area (Å²) in [4.78, 5) is 2.33. The van der Waals surface area contributed by atoms with Crippen molar-refractivity contribution in [3.63, 3.8) is 0 Å². The molecule has 1 N–H and O–H groups in total. The van der Waals surface area contributed by atoms with Crippen LogP contribution in [-0.4, -0.2) is 50.1 Å². The van der Waals surface area contributed by atoms with Crippen molar-refractivity contribution in [3.05, 3.63) is 35.5 Å². The monoisotopic (exact) mass is 337 g/mol. The van der Waals surface area contributed by atoms with Crippen molar-refractivity contribution in [1.82, 2.24) is 24.9 Å². The Balaban J connectivity index is 1.79. The molecule has 6 heteroatoms. The third-order valence-electron chi connectivity index (χ3n) is 5.13. The highest BCUT2D eigenvalue weighted by atomic mass is 16.3. The molecular weight excluding hydrogens is 314 g/mol. The average molecular weight is 337 g/mol. The molecule has 3 heterocycles. The van der Waals surface area contributed by atoms with Crippen molar-refractivity contribution in [3.8, 4) is 17.0 Å². The van der Waals surface area contributed by atoms with Crippen molar-refractivity contribution in [2.75, 3.05) is 20.1 Å². The first-order valence-corrected chi connectivity index (χ1v) is 8.73. The van der Waals surface area contributed by atoms with Crippen LogP contribution in [0.2, 0.25) is 0 Å². The molecule has 1 fully saturated rings. The van der Waals surface area contributed by atoms with Gasteiger partial charge in [-0.2, -0.15) is 5.10 Å². The molecule has 1 atom stereocenters. The van der Waals surface area contributed by atoms with Gasteiger partial charge < -0.3 is 10.0 Å². The first kappa shape index (κ1) is 16.0. The summed E-state index contributed by atoms with van der Waals surface area (Å²) in [6.45, 7) is 6.09. The molecule has 0 aliphatic carbocycles. The number of piperidine rings is 1. The Hall–Kier alpha value is -2.47. The number of aromatic nitrogens is 4. The molecular formula is C19H23N5O. The lowest BCUT2D eigenvalue weighted by Gasteiger charge is -2.29. The minimum Gasteiger partial charge on any atom is -0.507 e. The van der Waals surface area contributed by atoms with Crippen molar-refractivity contribution in [2.45, 2.75) is 32.7 Å². The Labute approximate surface area is 147 Å². The molecule has 1 aromatic carbocycles. The van der Waals surface area contributed by atoms with E-state index in [0.29, 0.717) is 17.3 Å². The summed E-state index contributed by atoms with van der Waals surface area (Å²) in [5.74, 6) is 0.234. The summed E-state index contributed by atoms with van der Waals surface area (Å²) in [6.07, 6.45) is 4.16. The summed E-state index contributed by atoms with van der Waals surface area (Å²) >= 11 is 0. The SMILES string of the molecule is Cc1ccc(-c2nnc3c(cnn3C3CCCN(C)C3)c2C)c(O)c1. The number of likely N-dealkylation sites (N-methyl/N-ethyl adjacent to an activating group) is 1. The van der Waals surface area contributed by atoms with Gasteiger partial charge in [0.1, 0.15) is 11.4 Å². The van der Waals surface area contributed by atoms with Crippen molar-refractivity contribution >= 4 is 11.0 Å². The molecule has 0 bridgehead atoms. The van der Waals surface area contributed by atoms with Crippen LogP contribution in [0.4, 0.5) is 0 Å². The van der Waals surface area contributed by atoms with E-state index in [4.69, 9.17) is 0 Å². The topological polar surface area (TPSA) is 67.1 Å². The van der Waals surface area contributed by atoms with E-state index in [1.54, 1.807) is 6.07 Å². The number of hydrogen-bond acceptors (Lipinski definition) is 5. The van der Waals surface area contributed by atoms with E-state index in [1.807, 2.05) is 36.9 Å². The lowest BCUT2D eigenvalue weighted by molar-refractivity contribution is 0.205. The fraction of sp³-hybridized carbons (Fsp3) is 0.421. The van der Waals surface area contributed by atoms with Gasteiger partial charge in [0, 0.05) is 17.5 Å². The number of phenols is 1. The number of aromatic hydroxyl groups is 1. The second-order valence-corrected chi connectivity index (χ2v) is 7.08. The van der Waals surface area contributed by atoms with E-state index < -0.39 is 0 Å². The summed E-state index contributed by atoms with van der Waals surface area (Å²) in [5, 5.41) is 24.8. The molecule has 0 amide bonds. The average Bonchev–Trinajstić information content (AvgIpc) is 3.01. The normalized spacial score (nSPS) is 18.8. The molecule has 3 aromatic rings. The van der Waals surface area contributed by atoms with Crippen LogP contribution in [-0.2, 0) is 0 Å². The van der Waals surface area contributed by atoms with Crippen molar-refractivity contribution in [1.29, 1.82) is 0 Å². The van der Waals surface area contributed by atoms with Gasteiger partial charge in [-0.1, -0.05) is 6.07 Å². The number of aryl methyl sites for hydroxylation is 2. The third-order valence-corrected chi connectivity index (χ3v) is 5.13. The molecule has 2 aromatic heterocycles. The highest BCUT2D eigenvalue weighted by Crippen LogP contribution is 2.33. The first-order valence-electron chi connectivity index (χ1n) is 8.73. The molecule has 6 nitrogen and oxygen atoms in total. The van der Waals surface area contributed by atoms with Crippen LogP contribution in [0.5, 0.6) is 5.75 Å². The zero-order valence-corrected chi connectivity index (χ0v) is 14.9. The number of hydrogen-bond donors (Lipinski definition) is 1. The molecule has 25 heavy (non-hydrogen) atoms. The number of nitrogens with zero attached hydrogens (tertiary/aromatic N) is 5. The van der Waals surface area contributed by atoms with E-state index in [1.165, 1.54) is 6.42 Å². The van der Waals surface area contributed by atoms with E-state index in [9.17, 15) is 5.11 Å². The Morgan fingerprint density at radius 3 is 2.80 bits per heavy atom. The molecule has 1 aliphatic heterocycles. The molecule has 0 spiro atoms. The van der Waals surface area contributed by atoms with Gasteiger partial charge in [-0.15, -0.1) is 10.2 Å². The Morgan fingerprint density at radius 2 is 2.04 bits per heavy atom. The molecule has 1 unspecified atom stereocenters. The number of likely N-dealkylation sites (tertiary alicyclic amines) is 1. The quantitative estimate of drug-likeness (QED) is 0.778. The van der Waals surface area contributed by atoms with Crippen LogP contribution in [0.25, 0.3) is 22.3 Å². The molecule has 1 aliphatic rings. The first-order chi connectivity index (χ1) is 12.0. The highest BCUT2D eigenvalue weighted by Gasteiger charge is 2.23. The molecule has 130 valence electrons. The van der Waals surface area contributed by atoms with Gasteiger partial charge in [0.15, 0.2) is 5.65 Å². The fourth-order valence-corrected chi connectivity index (χ4v) is 3.72. The summed E-state index contributed by atoms with van der Waals surface area (Å²) in [6, 6.07) is 5.96. The maximum Gasteiger partial charge on any atom is 0.181 e. The maximum absolute atomic E-state index is 10.3. The fourth-order valence-electron chi connectivity index (χ4n) is 3.72. The zero-order chi connectivity index (χ0) is 17.6. The Bertz CT molecular complexity index is 933. The third kappa shape index (κ3) is 2.76. The minimum absolute atomic E-state index is 0.234. The van der Waals surface area contributed by atoms with Gasteiger partial charge in [-0.3, -0.25) is 0 Å². The van der Waals surface area contributed by atoms with Gasteiger partial charge in [-0.05, 0) is 63.5 Å². The van der Waals surface area contributed by atoms with E-state index in [-0.39, 0.29) is 5.75 Å². The predicted molar refractivity (Wildman–Crippen MR) is 97.7 cm³/mol. The van der Waals surface area contributed by atoms with Crippen LogP contribution in [0.3, 0.4) is 0 Å². The number of benzene rings is 1. The van der Waals surface area contributed by atoms with Gasteiger partial charge >= 0.3 is 0 Å². The van der Waals surface area contributed by atoms with Crippen LogP contribution in [0.15, 0.2) is 24.4 Å². The van der Waals surface area contributed by atoms with Gasteiger partial charge in [0.25, 0.3) is 0 Å². The predicted octanol–water partition coefficient (Wildman–Crippen LogP) is 3.08. The standard InChI is InChI=1S/C19H23N5O/c1-12-6-7-15(17(25)9-12)18-13(2)16-10-20-24(19(16)22-21-18)14-5-4-8-23(3)11-14/h6-7,9-10,14,25H,4-5,8,11H2,1-3H3. The largest absolute Gasteiger partial charge is 0.507 e. The second kappa shape index (κ2) is 6.11. The number of fused-ring (bicyclic) bond motifs is 1. The minimum atomic E-state index is 0.234. The lowest BCUT2D eigenvalue weighted by atomic mass is 10.0. The molecule has 0 saturated carbocycles. The lowest BCUT2D eigenvalue weighted by Crippen LogP contribution is -2.34. The number of rotatable bonds is 2. The number of phenolic OH excluding ortho intramolecular Hbond substituents is 1. The summed E-state index contributed by atoms with van der Waals surface area (Å²) < 4.78 is 2.02. The van der Waals surface area contributed by atoms with Crippen LogP contribution in [0, 0.1) is 13.8 Å². The van der Waals surface area contributed by atoms with E-state index >= 15 is 0 Å². The molecule has 1 saturated heterocycles. The smallest absolute Gasteiger partial charge is 0.181 e. The Morgan fingerprint density at radius 1 is 1.20 bits per heavy atom. The van der Waals surface area contributed by atoms with E-state index in [0.717, 1.165) is 41.7 Å². The summed E-state index contributed by atoms with van der Waals surface area (Å²) in [5.41, 5.74) is 4.27. The van der Waals surface area contributed by atoms with E-state index in [2.05, 4.69) is 27.2 Å². The van der Waals surface area contributed by atoms with Crippen LogP contribution in [0.1, 0.15) is 30.0 Å². The van der Waals surface area contributed by atoms with Gasteiger partial charge in [0.2, 0.25) is 0 Å². The van der Waals surface area contributed by atoms with Crippen molar-refractivity contribution < 1.29 is 5.11 Å². The van der Waals surface area contributed by atoms with Gasteiger partial charge in [-0.25, -0.2) is 4.68 Å². The van der Waals surface area contributed by atoms with Crippen LogP contribution >= 0.6 is 0 Å². The maximum atomic E-state index is 10.3. The highest BCUT2D eigenvalue weighted by molar-refractivity contribution is 5.85. The molecule has 0 radical (unpaired) electrons. The zero-order valence-electron chi connectivity index (χ0n) is 14.9. The van der Waals surface area contributed by atoms with Gasteiger partial charge in [0.05, 0.1) is 12.2 Å². The van der Waals surface area contributed by atoms with Crippen LogP contribution < -0.4 is 0 Å². The summed E-state index contributed by atoms with van der Waals surface area (Å²) in [7, 11) is 2.15. The Kier molecular flexibility index (Phi) is 3.92.